The summed E-state index contributed by atoms with van der Waals surface area (Å²) in [5, 5.41) is 0. The topological polar surface area (TPSA) is 31.4 Å². The second kappa shape index (κ2) is 8.29. The molecule has 0 amide bonds. The lowest BCUT2D eigenvalue weighted by Crippen LogP contribution is -2.41. The van der Waals surface area contributed by atoms with Crippen LogP contribution in [0, 0.1) is 0 Å². The molecule has 0 spiro atoms. The highest BCUT2D eigenvalue weighted by Crippen LogP contribution is 2.36. The zero-order valence-corrected chi connectivity index (χ0v) is 19.6. The van der Waals surface area contributed by atoms with Gasteiger partial charge in [-0.1, -0.05) is 78.9 Å². The van der Waals surface area contributed by atoms with Gasteiger partial charge in [-0.2, -0.15) is 0 Å². The van der Waals surface area contributed by atoms with Crippen LogP contribution in [0.4, 0.5) is 0 Å². The molecule has 0 atom stereocenters. The fourth-order valence-corrected chi connectivity index (χ4v) is 4.04. The highest BCUT2D eigenvalue weighted by atomic mass is 16.7. The van der Waals surface area contributed by atoms with Gasteiger partial charge in [0, 0.05) is 11.8 Å². The summed E-state index contributed by atoms with van der Waals surface area (Å²) in [4.78, 5) is 4.61. The van der Waals surface area contributed by atoms with Crippen LogP contribution in [0.5, 0.6) is 0 Å². The molecular weight excluding hydrogens is 405 g/mol. The summed E-state index contributed by atoms with van der Waals surface area (Å²) in [6.07, 6.45) is 1.87. The summed E-state index contributed by atoms with van der Waals surface area (Å²) in [6.45, 7) is 8.29. The smallest absolute Gasteiger partial charge is 0.399 e. The van der Waals surface area contributed by atoms with Crippen molar-refractivity contribution >= 4 is 12.6 Å². The minimum atomic E-state index is -0.355. The van der Waals surface area contributed by atoms with Crippen molar-refractivity contribution in [3.05, 3.63) is 97.2 Å². The van der Waals surface area contributed by atoms with Crippen LogP contribution in [0.15, 0.2) is 97.2 Å². The third kappa shape index (κ3) is 4.24. The lowest BCUT2D eigenvalue weighted by Gasteiger charge is -2.32. The van der Waals surface area contributed by atoms with Crippen LogP contribution in [-0.2, 0) is 9.31 Å². The van der Waals surface area contributed by atoms with E-state index in [1.807, 2.05) is 12.3 Å². The zero-order chi connectivity index (χ0) is 23.1. The van der Waals surface area contributed by atoms with Gasteiger partial charge >= 0.3 is 7.12 Å². The van der Waals surface area contributed by atoms with Gasteiger partial charge in [0.15, 0.2) is 0 Å². The first-order valence-corrected chi connectivity index (χ1v) is 11.4. The summed E-state index contributed by atoms with van der Waals surface area (Å²) in [6, 6.07) is 31.6. The van der Waals surface area contributed by atoms with Crippen molar-refractivity contribution < 1.29 is 9.31 Å². The van der Waals surface area contributed by atoms with Crippen LogP contribution in [-0.4, -0.2) is 23.3 Å². The molecule has 0 radical (unpaired) electrons. The Hall–Kier alpha value is -3.21. The molecule has 0 saturated carbocycles. The second-order valence-electron chi connectivity index (χ2n) is 9.58. The standard InChI is InChI=1S/C29H28BNO2/c1-28(2)29(3,4)33-30(32-28)26-16-14-24(15-17-26)27-20-25(18-19-31-27)23-12-10-22(11-13-23)21-8-6-5-7-9-21/h5-20H,1-4H3. The normalized spacial score (nSPS) is 16.7. The van der Waals surface area contributed by atoms with Crippen molar-refractivity contribution in [1.29, 1.82) is 0 Å². The molecule has 1 aliphatic rings. The van der Waals surface area contributed by atoms with E-state index in [1.165, 1.54) is 16.7 Å². The van der Waals surface area contributed by atoms with E-state index in [1.54, 1.807) is 0 Å². The average Bonchev–Trinajstić information content (AvgIpc) is 3.07. The molecule has 0 N–H and O–H groups in total. The number of pyridine rings is 1. The predicted octanol–water partition coefficient (Wildman–Crippen LogP) is 6.38. The first kappa shape index (κ1) is 21.6. The van der Waals surface area contributed by atoms with Crippen LogP contribution >= 0.6 is 0 Å². The molecule has 1 saturated heterocycles. The molecule has 1 aromatic heterocycles. The number of nitrogens with zero attached hydrogens (tertiary/aromatic N) is 1. The van der Waals surface area contributed by atoms with E-state index in [-0.39, 0.29) is 18.3 Å². The maximum absolute atomic E-state index is 6.18. The summed E-state index contributed by atoms with van der Waals surface area (Å²) in [7, 11) is -0.355. The predicted molar refractivity (Wildman–Crippen MR) is 136 cm³/mol. The maximum atomic E-state index is 6.18. The third-order valence-electron chi connectivity index (χ3n) is 6.82. The van der Waals surface area contributed by atoms with E-state index in [0.29, 0.717) is 0 Å². The Balaban J connectivity index is 1.36. The van der Waals surface area contributed by atoms with Gasteiger partial charge in [-0.05, 0) is 67.5 Å². The Morgan fingerprint density at radius 3 is 1.70 bits per heavy atom. The summed E-state index contributed by atoms with van der Waals surface area (Å²) in [5.41, 5.74) is 7.10. The van der Waals surface area contributed by atoms with E-state index >= 15 is 0 Å². The van der Waals surface area contributed by atoms with Crippen molar-refractivity contribution in [2.45, 2.75) is 38.9 Å². The first-order valence-electron chi connectivity index (χ1n) is 11.4. The van der Waals surface area contributed by atoms with Crippen molar-refractivity contribution in [3.8, 4) is 33.5 Å². The van der Waals surface area contributed by atoms with Gasteiger partial charge < -0.3 is 9.31 Å². The monoisotopic (exact) mass is 433 g/mol. The van der Waals surface area contributed by atoms with Crippen LogP contribution in [0.1, 0.15) is 27.7 Å². The largest absolute Gasteiger partial charge is 0.494 e. The van der Waals surface area contributed by atoms with Crippen molar-refractivity contribution in [3.63, 3.8) is 0 Å². The highest BCUT2D eigenvalue weighted by Gasteiger charge is 2.51. The van der Waals surface area contributed by atoms with Crippen LogP contribution in [0.25, 0.3) is 33.5 Å². The number of hydrogen-bond acceptors (Lipinski definition) is 3. The molecular formula is C29H28BNO2. The van der Waals surface area contributed by atoms with Crippen LogP contribution in [0.2, 0.25) is 0 Å². The van der Waals surface area contributed by atoms with Crippen molar-refractivity contribution in [2.24, 2.45) is 0 Å². The zero-order valence-electron chi connectivity index (χ0n) is 19.6. The molecule has 0 bridgehead atoms. The van der Waals surface area contributed by atoms with E-state index in [9.17, 15) is 0 Å². The number of benzene rings is 3. The van der Waals surface area contributed by atoms with Crippen LogP contribution in [0.3, 0.4) is 0 Å². The van der Waals surface area contributed by atoms with E-state index in [0.717, 1.165) is 22.3 Å². The Kier molecular flexibility index (Phi) is 5.44. The first-order chi connectivity index (χ1) is 15.8. The molecule has 1 aliphatic heterocycles. The van der Waals surface area contributed by atoms with Gasteiger partial charge in [-0.3, -0.25) is 4.98 Å². The minimum absolute atomic E-state index is 0.345. The van der Waals surface area contributed by atoms with Gasteiger partial charge in [-0.15, -0.1) is 0 Å². The fraction of sp³-hybridized carbons (Fsp3) is 0.207. The molecule has 0 unspecified atom stereocenters. The average molecular weight is 433 g/mol. The van der Waals surface area contributed by atoms with Gasteiger partial charge in [0.05, 0.1) is 16.9 Å². The molecule has 4 aromatic rings. The van der Waals surface area contributed by atoms with E-state index in [2.05, 4.69) is 118 Å². The molecule has 4 heteroatoms. The summed E-state index contributed by atoms with van der Waals surface area (Å²) in [5.74, 6) is 0. The summed E-state index contributed by atoms with van der Waals surface area (Å²) < 4.78 is 12.4. The minimum Gasteiger partial charge on any atom is -0.399 e. The Morgan fingerprint density at radius 2 is 1.09 bits per heavy atom. The maximum Gasteiger partial charge on any atom is 0.494 e. The number of rotatable bonds is 4. The molecule has 2 heterocycles. The molecule has 3 nitrogen and oxygen atoms in total. The molecule has 33 heavy (non-hydrogen) atoms. The van der Waals surface area contributed by atoms with Crippen LogP contribution < -0.4 is 5.46 Å². The second-order valence-corrected chi connectivity index (χ2v) is 9.58. The fourth-order valence-electron chi connectivity index (χ4n) is 4.04. The summed E-state index contributed by atoms with van der Waals surface area (Å²) >= 11 is 0. The molecule has 5 rings (SSSR count). The Bertz CT molecular complexity index is 1230. The lowest BCUT2D eigenvalue weighted by molar-refractivity contribution is 0.00578. The van der Waals surface area contributed by atoms with Crippen molar-refractivity contribution in [2.75, 3.05) is 0 Å². The number of aromatic nitrogens is 1. The van der Waals surface area contributed by atoms with Gasteiger partial charge in [0.1, 0.15) is 0 Å². The molecule has 0 aliphatic carbocycles. The third-order valence-corrected chi connectivity index (χ3v) is 6.82. The quantitative estimate of drug-likeness (QED) is 0.350. The van der Waals surface area contributed by atoms with E-state index in [4.69, 9.17) is 9.31 Å². The van der Waals surface area contributed by atoms with Gasteiger partial charge in [-0.25, -0.2) is 0 Å². The Morgan fingerprint density at radius 1 is 0.576 bits per heavy atom. The SMILES string of the molecule is CC1(C)OB(c2ccc(-c3cc(-c4ccc(-c5ccccc5)cc4)ccn3)cc2)OC1(C)C. The van der Waals surface area contributed by atoms with Crippen molar-refractivity contribution in [1.82, 2.24) is 4.98 Å². The molecule has 1 fully saturated rings. The number of hydrogen-bond donors (Lipinski definition) is 0. The molecule has 164 valence electrons. The lowest BCUT2D eigenvalue weighted by atomic mass is 9.78. The van der Waals surface area contributed by atoms with Gasteiger partial charge in [0.2, 0.25) is 0 Å². The highest BCUT2D eigenvalue weighted by molar-refractivity contribution is 6.62. The van der Waals surface area contributed by atoms with E-state index < -0.39 is 0 Å². The Labute approximate surface area is 196 Å². The molecule has 3 aromatic carbocycles. The van der Waals surface area contributed by atoms with Gasteiger partial charge in [0.25, 0.3) is 0 Å².